The number of hydrogen-bond donors (Lipinski definition) is 1. The summed E-state index contributed by atoms with van der Waals surface area (Å²) in [4.78, 5) is 4.28. The molecule has 0 saturated heterocycles. The molecular weight excluding hydrogens is 220 g/mol. The number of anilines is 1. The van der Waals surface area contributed by atoms with Crippen molar-refractivity contribution in [2.75, 3.05) is 5.32 Å². The average molecular weight is 239 g/mol. The fourth-order valence-electron chi connectivity index (χ4n) is 2.41. The molecule has 2 rings (SSSR count). The third-order valence-corrected chi connectivity index (χ3v) is 3.72. The van der Waals surface area contributed by atoms with Gasteiger partial charge in [-0.15, -0.1) is 0 Å². The van der Waals surface area contributed by atoms with Gasteiger partial charge in [-0.05, 0) is 36.8 Å². The van der Waals surface area contributed by atoms with Gasteiger partial charge in [0.25, 0.3) is 0 Å². The summed E-state index contributed by atoms with van der Waals surface area (Å²) in [5.41, 5.74) is 0. The van der Waals surface area contributed by atoms with Gasteiger partial charge in [0, 0.05) is 6.04 Å². The molecule has 3 unspecified atom stereocenters. The fourth-order valence-corrected chi connectivity index (χ4v) is 2.58. The van der Waals surface area contributed by atoms with Crippen molar-refractivity contribution in [1.82, 2.24) is 4.98 Å². The first-order valence-corrected chi connectivity index (χ1v) is 6.42. The van der Waals surface area contributed by atoms with Crippen LogP contribution in [-0.4, -0.2) is 11.0 Å². The lowest BCUT2D eigenvalue weighted by Gasteiger charge is -2.33. The maximum absolute atomic E-state index is 5.88. The normalized spacial score (nSPS) is 30.1. The Morgan fingerprint density at radius 2 is 2.12 bits per heavy atom. The Kier molecular flexibility index (Phi) is 3.70. The minimum atomic E-state index is 0.537. The summed E-state index contributed by atoms with van der Waals surface area (Å²) in [5, 5.41) is 4.06. The van der Waals surface area contributed by atoms with Crippen LogP contribution in [0.4, 0.5) is 5.82 Å². The van der Waals surface area contributed by atoms with Crippen LogP contribution in [0.2, 0.25) is 5.15 Å². The molecule has 1 aliphatic carbocycles. The van der Waals surface area contributed by atoms with Gasteiger partial charge in [-0.2, -0.15) is 0 Å². The molecule has 1 saturated carbocycles. The van der Waals surface area contributed by atoms with E-state index < -0.39 is 0 Å². The maximum atomic E-state index is 5.88. The number of pyridine rings is 1. The average Bonchev–Trinajstić information content (AvgIpc) is 2.24. The van der Waals surface area contributed by atoms with E-state index in [0.29, 0.717) is 11.2 Å². The minimum Gasteiger partial charge on any atom is -0.367 e. The lowest BCUT2D eigenvalue weighted by Crippen LogP contribution is -2.33. The number of hydrogen-bond acceptors (Lipinski definition) is 2. The quantitative estimate of drug-likeness (QED) is 0.789. The molecule has 0 spiro atoms. The number of rotatable bonds is 2. The number of aromatic nitrogens is 1. The topological polar surface area (TPSA) is 24.9 Å². The van der Waals surface area contributed by atoms with E-state index in [2.05, 4.69) is 24.1 Å². The summed E-state index contributed by atoms with van der Waals surface area (Å²) in [7, 11) is 0. The molecule has 1 aliphatic rings. The highest BCUT2D eigenvalue weighted by molar-refractivity contribution is 6.29. The Labute approximate surface area is 102 Å². The van der Waals surface area contributed by atoms with E-state index >= 15 is 0 Å². The fraction of sp³-hybridized carbons (Fsp3) is 0.615. The van der Waals surface area contributed by atoms with E-state index in [4.69, 9.17) is 11.6 Å². The zero-order chi connectivity index (χ0) is 11.5. The first kappa shape index (κ1) is 11.7. The van der Waals surface area contributed by atoms with Crippen molar-refractivity contribution in [3.63, 3.8) is 0 Å². The molecule has 1 aromatic heterocycles. The van der Waals surface area contributed by atoms with Crippen molar-refractivity contribution >= 4 is 17.4 Å². The molecule has 1 N–H and O–H groups in total. The Balaban J connectivity index is 2.02. The molecule has 0 aromatic carbocycles. The highest BCUT2D eigenvalue weighted by atomic mass is 35.5. The second-order valence-corrected chi connectivity index (χ2v) is 5.38. The number of halogens is 1. The smallest absolute Gasteiger partial charge is 0.131 e. The number of nitrogens with one attached hydrogen (secondary N) is 1. The molecular formula is C13H19ClN2. The standard InChI is InChI=1S/C13H19ClN2/c1-9-6-7-10(2)11(8-9)15-13-5-3-4-12(14)16-13/h3-5,9-11H,6-8H2,1-2H3,(H,15,16). The van der Waals surface area contributed by atoms with Gasteiger partial charge < -0.3 is 5.32 Å². The third kappa shape index (κ3) is 2.88. The lowest BCUT2D eigenvalue weighted by molar-refractivity contribution is 0.280. The van der Waals surface area contributed by atoms with E-state index in [1.807, 2.05) is 12.1 Å². The molecule has 1 heterocycles. The number of nitrogens with zero attached hydrogens (tertiary/aromatic N) is 1. The summed E-state index contributed by atoms with van der Waals surface area (Å²) in [6.45, 7) is 4.64. The molecule has 3 atom stereocenters. The van der Waals surface area contributed by atoms with E-state index in [1.165, 1.54) is 19.3 Å². The monoisotopic (exact) mass is 238 g/mol. The van der Waals surface area contributed by atoms with Crippen molar-refractivity contribution in [2.24, 2.45) is 11.8 Å². The zero-order valence-corrected chi connectivity index (χ0v) is 10.7. The van der Waals surface area contributed by atoms with Crippen LogP contribution >= 0.6 is 11.6 Å². The van der Waals surface area contributed by atoms with Crippen LogP contribution in [0.25, 0.3) is 0 Å². The van der Waals surface area contributed by atoms with E-state index in [1.54, 1.807) is 6.07 Å². The second kappa shape index (κ2) is 5.05. The molecule has 0 aliphatic heterocycles. The predicted molar refractivity (Wildman–Crippen MR) is 68.8 cm³/mol. The highest BCUT2D eigenvalue weighted by Crippen LogP contribution is 2.30. The van der Waals surface area contributed by atoms with E-state index in [9.17, 15) is 0 Å². The van der Waals surface area contributed by atoms with Crippen molar-refractivity contribution in [3.8, 4) is 0 Å². The van der Waals surface area contributed by atoms with Gasteiger partial charge in [0.2, 0.25) is 0 Å². The van der Waals surface area contributed by atoms with Crippen LogP contribution in [0.3, 0.4) is 0 Å². The molecule has 0 bridgehead atoms. The summed E-state index contributed by atoms with van der Waals surface area (Å²) >= 11 is 5.88. The highest BCUT2D eigenvalue weighted by Gasteiger charge is 2.25. The summed E-state index contributed by atoms with van der Waals surface area (Å²) in [6.07, 6.45) is 3.89. The van der Waals surface area contributed by atoms with Crippen molar-refractivity contribution in [1.29, 1.82) is 0 Å². The van der Waals surface area contributed by atoms with Gasteiger partial charge in [-0.25, -0.2) is 4.98 Å². The third-order valence-electron chi connectivity index (χ3n) is 3.51. The first-order chi connectivity index (χ1) is 7.65. The molecule has 3 heteroatoms. The Morgan fingerprint density at radius 3 is 2.88 bits per heavy atom. The van der Waals surface area contributed by atoms with Crippen LogP contribution in [0.5, 0.6) is 0 Å². The molecule has 88 valence electrons. The minimum absolute atomic E-state index is 0.537. The van der Waals surface area contributed by atoms with Crippen LogP contribution in [0.15, 0.2) is 18.2 Å². The molecule has 1 fully saturated rings. The molecule has 16 heavy (non-hydrogen) atoms. The van der Waals surface area contributed by atoms with Crippen LogP contribution in [-0.2, 0) is 0 Å². The second-order valence-electron chi connectivity index (χ2n) is 4.99. The lowest BCUT2D eigenvalue weighted by atomic mass is 9.80. The van der Waals surface area contributed by atoms with Crippen molar-refractivity contribution < 1.29 is 0 Å². The molecule has 0 radical (unpaired) electrons. The van der Waals surface area contributed by atoms with Gasteiger partial charge in [-0.1, -0.05) is 37.9 Å². The van der Waals surface area contributed by atoms with Crippen LogP contribution in [0.1, 0.15) is 33.1 Å². The van der Waals surface area contributed by atoms with E-state index in [-0.39, 0.29) is 0 Å². The van der Waals surface area contributed by atoms with Gasteiger partial charge in [0.1, 0.15) is 11.0 Å². The SMILES string of the molecule is CC1CCC(C)C(Nc2cccc(Cl)n2)C1. The Morgan fingerprint density at radius 1 is 1.31 bits per heavy atom. The maximum Gasteiger partial charge on any atom is 0.131 e. The predicted octanol–water partition coefficient (Wildman–Crippen LogP) is 3.97. The molecule has 2 nitrogen and oxygen atoms in total. The van der Waals surface area contributed by atoms with Crippen LogP contribution < -0.4 is 5.32 Å². The Hall–Kier alpha value is -0.760. The van der Waals surface area contributed by atoms with Gasteiger partial charge in [-0.3, -0.25) is 0 Å². The van der Waals surface area contributed by atoms with Gasteiger partial charge >= 0.3 is 0 Å². The Bertz CT molecular complexity index is 354. The largest absolute Gasteiger partial charge is 0.367 e. The van der Waals surface area contributed by atoms with Gasteiger partial charge in [0.15, 0.2) is 0 Å². The van der Waals surface area contributed by atoms with Crippen LogP contribution in [0, 0.1) is 11.8 Å². The van der Waals surface area contributed by atoms with Gasteiger partial charge in [0.05, 0.1) is 0 Å². The van der Waals surface area contributed by atoms with Crippen molar-refractivity contribution in [2.45, 2.75) is 39.2 Å². The van der Waals surface area contributed by atoms with Crippen molar-refractivity contribution in [3.05, 3.63) is 23.4 Å². The zero-order valence-electron chi connectivity index (χ0n) is 9.91. The summed E-state index contributed by atoms with van der Waals surface area (Å²) in [6, 6.07) is 6.27. The van der Waals surface area contributed by atoms with E-state index in [0.717, 1.165) is 17.7 Å². The summed E-state index contributed by atoms with van der Waals surface area (Å²) < 4.78 is 0. The molecule has 1 aromatic rings. The summed E-state index contributed by atoms with van der Waals surface area (Å²) in [5.74, 6) is 2.43. The first-order valence-electron chi connectivity index (χ1n) is 6.04. The molecule has 0 amide bonds.